The molecular weight excluding hydrogens is 482 g/mol. The number of ether oxygens (including phenoxy) is 1. The fourth-order valence-electron chi connectivity index (χ4n) is 4.76. The van der Waals surface area contributed by atoms with Crippen LogP contribution in [0, 0.1) is 12.8 Å². The topological polar surface area (TPSA) is 79.8 Å². The number of aryl methyl sites for hydroxylation is 1. The minimum absolute atomic E-state index is 0.0275. The lowest BCUT2D eigenvalue weighted by atomic mass is 10.0. The van der Waals surface area contributed by atoms with Crippen molar-refractivity contribution in [3.63, 3.8) is 0 Å². The maximum atomic E-state index is 13.0. The van der Waals surface area contributed by atoms with Gasteiger partial charge in [0, 0.05) is 44.6 Å². The Kier molecular flexibility index (Phi) is 6.83. The van der Waals surface area contributed by atoms with Gasteiger partial charge in [-0.2, -0.15) is 4.31 Å². The van der Waals surface area contributed by atoms with Crippen LogP contribution in [0.25, 0.3) is 10.2 Å². The third-order valence-corrected chi connectivity index (χ3v) is 9.90. The van der Waals surface area contributed by atoms with Gasteiger partial charge in [-0.3, -0.25) is 4.79 Å². The van der Waals surface area contributed by atoms with Crippen molar-refractivity contribution in [1.29, 1.82) is 0 Å². The Morgan fingerprint density at radius 2 is 1.69 bits per heavy atom. The zero-order chi connectivity index (χ0) is 24.6. The van der Waals surface area contributed by atoms with Crippen molar-refractivity contribution in [3.8, 4) is 5.19 Å². The number of hydrogen-bond acceptors (Lipinski definition) is 6. The third-order valence-electron chi connectivity index (χ3n) is 7.08. The van der Waals surface area contributed by atoms with E-state index in [1.165, 1.54) is 0 Å². The number of hydrogen-bond donors (Lipinski definition) is 0. The van der Waals surface area contributed by atoms with Crippen molar-refractivity contribution in [2.45, 2.75) is 50.5 Å². The van der Waals surface area contributed by atoms with Crippen LogP contribution in [0.15, 0.2) is 47.4 Å². The molecule has 0 radical (unpaired) electrons. The zero-order valence-electron chi connectivity index (χ0n) is 20.1. The standard InChI is InChI=1S/C26H31N3O4S2/c1-18-10-16-29(17-11-18)35(31,32)22-8-6-20(7-9-22)25(30)28-14-12-21(13-15-28)33-26-27-24-19(2)4-3-5-23(24)34-26/h3-9,18,21H,10-17H2,1-2H3. The van der Waals surface area contributed by atoms with Crippen LogP contribution in [0.5, 0.6) is 5.19 Å². The number of carbonyl (C=O) groups excluding carboxylic acids is 1. The highest BCUT2D eigenvalue weighted by molar-refractivity contribution is 7.89. The molecule has 2 aliphatic heterocycles. The fourth-order valence-corrected chi connectivity index (χ4v) is 7.19. The summed E-state index contributed by atoms with van der Waals surface area (Å²) >= 11 is 1.56. The lowest BCUT2D eigenvalue weighted by Gasteiger charge is -2.31. The number of rotatable bonds is 5. The number of amides is 1. The number of carbonyl (C=O) groups is 1. The summed E-state index contributed by atoms with van der Waals surface area (Å²) in [5, 5.41) is 0.680. The molecular formula is C26H31N3O4S2. The number of benzene rings is 2. The molecule has 0 unspecified atom stereocenters. The average molecular weight is 514 g/mol. The van der Waals surface area contributed by atoms with Gasteiger partial charge in [0.2, 0.25) is 10.0 Å². The lowest BCUT2D eigenvalue weighted by molar-refractivity contribution is 0.0595. The van der Waals surface area contributed by atoms with Gasteiger partial charge in [0.05, 0.1) is 15.1 Å². The molecule has 5 rings (SSSR count). The number of aromatic nitrogens is 1. The molecule has 1 aromatic heterocycles. The quantitative estimate of drug-likeness (QED) is 0.494. The molecule has 7 nitrogen and oxygen atoms in total. The maximum absolute atomic E-state index is 13.0. The fraction of sp³-hybridized carbons (Fsp3) is 0.462. The van der Waals surface area contributed by atoms with Crippen molar-refractivity contribution >= 4 is 37.5 Å². The van der Waals surface area contributed by atoms with Crippen molar-refractivity contribution < 1.29 is 17.9 Å². The van der Waals surface area contributed by atoms with Crippen LogP contribution in [0.1, 0.15) is 48.5 Å². The summed E-state index contributed by atoms with van der Waals surface area (Å²) in [6.07, 6.45) is 3.27. The van der Waals surface area contributed by atoms with Gasteiger partial charge in [0.1, 0.15) is 6.10 Å². The summed E-state index contributed by atoms with van der Waals surface area (Å²) in [7, 11) is -3.52. The maximum Gasteiger partial charge on any atom is 0.274 e. The van der Waals surface area contributed by atoms with E-state index in [1.807, 2.05) is 24.0 Å². The number of piperidine rings is 2. The van der Waals surface area contributed by atoms with Crippen molar-refractivity contribution in [1.82, 2.24) is 14.2 Å². The molecule has 0 spiro atoms. The molecule has 0 aliphatic carbocycles. The Morgan fingerprint density at radius 1 is 1.00 bits per heavy atom. The molecule has 186 valence electrons. The van der Waals surface area contributed by atoms with E-state index >= 15 is 0 Å². The monoisotopic (exact) mass is 513 g/mol. The average Bonchev–Trinajstić information content (AvgIpc) is 3.28. The first-order valence-electron chi connectivity index (χ1n) is 12.2. The van der Waals surface area contributed by atoms with Crippen LogP contribution in [-0.4, -0.2) is 60.8 Å². The predicted molar refractivity (Wildman–Crippen MR) is 138 cm³/mol. The largest absolute Gasteiger partial charge is 0.467 e. The van der Waals surface area contributed by atoms with Gasteiger partial charge < -0.3 is 9.64 Å². The van der Waals surface area contributed by atoms with Gasteiger partial charge in [-0.25, -0.2) is 13.4 Å². The molecule has 0 N–H and O–H groups in total. The second-order valence-electron chi connectivity index (χ2n) is 9.62. The van der Waals surface area contributed by atoms with Gasteiger partial charge in [0.15, 0.2) is 0 Å². The van der Waals surface area contributed by atoms with Crippen LogP contribution >= 0.6 is 11.3 Å². The summed E-state index contributed by atoms with van der Waals surface area (Å²) in [6, 6.07) is 12.5. The van der Waals surface area contributed by atoms with Gasteiger partial charge in [0.25, 0.3) is 11.1 Å². The van der Waals surface area contributed by atoms with Crippen LogP contribution in [0.4, 0.5) is 0 Å². The molecule has 2 aliphatic rings. The molecule has 3 aromatic rings. The lowest BCUT2D eigenvalue weighted by Crippen LogP contribution is -2.41. The third kappa shape index (κ3) is 5.08. The summed E-state index contributed by atoms with van der Waals surface area (Å²) in [5.41, 5.74) is 2.64. The van der Waals surface area contributed by atoms with E-state index in [1.54, 1.807) is 39.9 Å². The normalized spacial score (nSPS) is 18.7. The van der Waals surface area contributed by atoms with Crippen LogP contribution in [0.2, 0.25) is 0 Å². The Labute approximate surface area is 210 Å². The smallest absolute Gasteiger partial charge is 0.274 e. The van der Waals surface area contributed by atoms with E-state index in [2.05, 4.69) is 18.0 Å². The first-order chi connectivity index (χ1) is 16.8. The van der Waals surface area contributed by atoms with Gasteiger partial charge in [-0.1, -0.05) is 30.4 Å². The van der Waals surface area contributed by atoms with Crippen molar-refractivity contribution in [2.75, 3.05) is 26.2 Å². The van der Waals surface area contributed by atoms with E-state index in [0.717, 1.165) is 41.5 Å². The number of nitrogens with zero attached hydrogens (tertiary/aromatic N) is 3. The summed E-state index contributed by atoms with van der Waals surface area (Å²) < 4.78 is 34.7. The number of fused-ring (bicyclic) bond motifs is 1. The molecule has 2 aromatic carbocycles. The highest BCUT2D eigenvalue weighted by atomic mass is 32.2. The van der Waals surface area contributed by atoms with Gasteiger partial charge in [-0.05, 0) is 61.6 Å². The number of para-hydroxylation sites is 1. The highest BCUT2D eigenvalue weighted by Gasteiger charge is 2.29. The molecule has 1 amide bonds. The summed E-state index contributed by atoms with van der Waals surface area (Å²) in [5.74, 6) is 0.483. The summed E-state index contributed by atoms with van der Waals surface area (Å²) in [6.45, 7) is 6.50. The Balaban J connectivity index is 1.18. The van der Waals surface area contributed by atoms with Crippen molar-refractivity contribution in [3.05, 3.63) is 53.6 Å². The van der Waals surface area contributed by atoms with E-state index in [0.29, 0.717) is 42.9 Å². The molecule has 2 saturated heterocycles. The van der Waals surface area contributed by atoms with Gasteiger partial charge >= 0.3 is 0 Å². The number of likely N-dealkylation sites (tertiary alicyclic amines) is 1. The Bertz CT molecular complexity index is 1300. The zero-order valence-corrected chi connectivity index (χ0v) is 21.8. The number of thiazole rings is 1. The second kappa shape index (κ2) is 9.87. The number of sulfonamides is 1. The Morgan fingerprint density at radius 3 is 2.34 bits per heavy atom. The van der Waals surface area contributed by atoms with E-state index < -0.39 is 10.0 Å². The van der Waals surface area contributed by atoms with Crippen LogP contribution < -0.4 is 4.74 Å². The molecule has 35 heavy (non-hydrogen) atoms. The van der Waals surface area contributed by atoms with Crippen LogP contribution in [0.3, 0.4) is 0 Å². The van der Waals surface area contributed by atoms with Crippen LogP contribution in [-0.2, 0) is 10.0 Å². The molecule has 0 bridgehead atoms. The van der Waals surface area contributed by atoms with Gasteiger partial charge in [-0.15, -0.1) is 0 Å². The first-order valence-corrected chi connectivity index (χ1v) is 14.5. The molecule has 0 atom stereocenters. The molecule has 2 fully saturated rings. The minimum Gasteiger partial charge on any atom is -0.467 e. The molecule has 0 saturated carbocycles. The van der Waals surface area contributed by atoms with Crippen molar-refractivity contribution in [2.24, 2.45) is 5.92 Å². The summed E-state index contributed by atoms with van der Waals surface area (Å²) in [4.78, 5) is 19.7. The van der Waals surface area contributed by atoms with E-state index in [9.17, 15) is 13.2 Å². The van der Waals surface area contributed by atoms with E-state index in [-0.39, 0.29) is 16.9 Å². The highest BCUT2D eigenvalue weighted by Crippen LogP contribution is 2.31. The minimum atomic E-state index is -3.52. The van der Waals surface area contributed by atoms with E-state index in [4.69, 9.17) is 4.74 Å². The predicted octanol–water partition coefficient (Wildman–Crippen LogP) is 4.71. The second-order valence-corrected chi connectivity index (χ2v) is 12.6. The SMILES string of the molecule is Cc1cccc2sc(OC3CCN(C(=O)c4ccc(S(=O)(=O)N5CCC(C)CC5)cc4)CC3)nc12. The molecule has 9 heteroatoms. The molecule has 3 heterocycles. The first kappa shape index (κ1) is 24.2. The Hall–Kier alpha value is -2.49.